The number of hydrogen-bond donors (Lipinski definition) is 4. The van der Waals surface area contributed by atoms with Crippen LogP contribution in [0.15, 0.2) is 24.3 Å². The van der Waals surface area contributed by atoms with E-state index in [1.807, 2.05) is 0 Å². The molecule has 1 saturated heterocycles. The van der Waals surface area contributed by atoms with E-state index < -0.39 is 16.7 Å². The van der Waals surface area contributed by atoms with E-state index in [0.717, 1.165) is 44.7 Å². The number of piperidine rings is 1. The molecule has 8 heteroatoms. The number of hydrogen-bond acceptors (Lipinski definition) is 4. The highest BCUT2D eigenvalue weighted by atomic mass is 32.2. The molecule has 0 bridgehead atoms. The Morgan fingerprint density at radius 1 is 1.19 bits per heavy atom. The molecular weight excluding hydrogens is 424 g/mol. The molecule has 1 spiro atoms. The molecule has 3 aliphatic rings. The summed E-state index contributed by atoms with van der Waals surface area (Å²) in [6.45, 7) is 7.28. The second-order valence-electron chi connectivity index (χ2n) is 10.1. The van der Waals surface area contributed by atoms with Gasteiger partial charge in [-0.15, -0.1) is 0 Å². The molecule has 2 aliphatic heterocycles. The van der Waals surface area contributed by atoms with Gasteiger partial charge in [0, 0.05) is 13.1 Å². The summed E-state index contributed by atoms with van der Waals surface area (Å²) in [6, 6.07) is 8.71. The van der Waals surface area contributed by atoms with E-state index in [4.69, 9.17) is 4.55 Å². The summed E-state index contributed by atoms with van der Waals surface area (Å²) in [7, 11) is 0. The lowest BCUT2D eigenvalue weighted by Crippen LogP contribution is -2.59. The fourth-order valence-electron chi connectivity index (χ4n) is 6.38. The first-order valence-corrected chi connectivity index (χ1v) is 13.3. The van der Waals surface area contributed by atoms with Crippen molar-refractivity contribution in [3.05, 3.63) is 35.4 Å². The minimum absolute atomic E-state index is 0.0775. The second kappa shape index (κ2) is 10.3. The zero-order chi connectivity index (χ0) is 22.7. The number of carbonyl (C=O) groups excluding carboxylic acids is 1. The van der Waals surface area contributed by atoms with Crippen molar-refractivity contribution in [2.45, 2.75) is 63.8 Å². The van der Waals surface area contributed by atoms with E-state index in [9.17, 15) is 9.00 Å². The summed E-state index contributed by atoms with van der Waals surface area (Å²) in [6.07, 6.45) is 6.37. The van der Waals surface area contributed by atoms with Gasteiger partial charge in [0.25, 0.3) is 0 Å². The number of nitrogens with zero attached hydrogens (tertiary/aromatic N) is 1. The molecule has 2 unspecified atom stereocenters. The summed E-state index contributed by atoms with van der Waals surface area (Å²) < 4.78 is 20.0. The predicted molar refractivity (Wildman–Crippen MR) is 127 cm³/mol. The van der Waals surface area contributed by atoms with Gasteiger partial charge in [-0.3, -0.25) is 9.35 Å². The van der Waals surface area contributed by atoms with Crippen molar-refractivity contribution < 1.29 is 13.6 Å². The molecule has 0 radical (unpaired) electrons. The summed E-state index contributed by atoms with van der Waals surface area (Å²) in [5.74, 6) is 2.17. The topological polar surface area (TPSA) is 93.7 Å². The number of hydrazine groups is 1. The van der Waals surface area contributed by atoms with E-state index >= 15 is 0 Å². The van der Waals surface area contributed by atoms with Gasteiger partial charge in [-0.05, 0) is 80.5 Å². The molecule has 4 rings (SSSR count). The Bertz CT molecular complexity index is 819. The SMILES string of the molecule is CC(C)C1CCC(C2c3ccccc3C3(CCNCC3)C(=O)N2CCNNS(=O)O)CC1. The number of rotatable bonds is 7. The fraction of sp³-hybridized carbons (Fsp3) is 0.708. The Morgan fingerprint density at radius 3 is 2.53 bits per heavy atom. The van der Waals surface area contributed by atoms with Gasteiger partial charge in [0.05, 0.1) is 11.5 Å². The first-order chi connectivity index (χ1) is 15.4. The Kier molecular flexibility index (Phi) is 7.67. The van der Waals surface area contributed by atoms with Crippen molar-refractivity contribution in [1.82, 2.24) is 20.5 Å². The Morgan fingerprint density at radius 2 is 1.88 bits per heavy atom. The van der Waals surface area contributed by atoms with Crippen molar-refractivity contribution in [2.24, 2.45) is 17.8 Å². The van der Waals surface area contributed by atoms with E-state index in [1.54, 1.807) is 0 Å². The van der Waals surface area contributed by atoms with Gasteiger partial charge in [0.15, 0.2) is 0 Å². The third-order valence-corrected chi connectivity index (χ3v) is 8.42. The van der Waals surface area contributed by atoms with Crippen molar-refractivity contribution in [2.75, 3.05) is 26.2 Å². The molecule has 2 fully saturated rings. The number of amides is 1. The minimum Gasteiger partial charge on any atom is -0.333 e. The second-order valence-corrected chi connectivity index (χ2v) is 10.8. The average molecular weight is 463 g/mol. The van der Waals surface area contributed by atoms with Crippen LogP contribution in [0.5, 0.6) is 0 Å². The predicted octanol–water partition coefficient (Wildman–Crippen LogP) is 2.88. The molecule has 0 aromatic heterocycles. The largest absolute Gasteiger partial charge is 0.333 e. The molecule has 1 aromatic carbocycles. The molecule has 32 heavy (non-hydrogen) atoms. The van der Waals surface area contributed by atoms with Gasteiger partial charge in [-0.2, -0.15) is 4.83 Å². The highest BCUT2D eigenvalue weighted by Crippen LogP contribution is 2.51. The van der Waals surface area contributed by atoms with Gasteiger partial charge < -0.3 is 10.2 Å². The van der Waals surface area contributed by atoms with Crippen molar-refractivity contribution in [3.8, 4) is 0 Å². The van der Waals surface area contributed by atoms with Crippen molar-refractivity contribution in [1.29, 1.82) is 0 Å². The Balaban J connectivity index is 1.66. The minimum atomic E-state index is -2.12. The maximum absolute atomic E-state index is 14.2. The molecule has 1 aromatic rings. The smallest absolute Gasteiger partial charge is 0.245 e. The van der Waals surface area contributed by atoms with Crippen LogP contribution in [0.2, 0.25) is 0 Å². The molecule has 1 amide bonds. The van der Waals surface area contributed by atoms with Gasteiger partial charge in [0.2, 0.25) is 17.2 Å². The first-order valence-electron chi connectivity index (χ1n) is 12.1. The van der Waals surface area contributed by atoms with Crippen LogP contribution in [0, 0.1) is 17.8 Å². The zero-order valence-corrected chi connectivity index (χ0v) is 20.1. The van der Waals surface area contributed by atoms with Gasteiger partial charge in [0.1, 0.15) is 0 Å². The number of nitrogens with one attached hydrogen (secondary N) is 3. The van der Waals surface area contributed by atoms with E-state index in [0.29, 0.717) is 24.9 Å². The first kappa shape index (κ1) is 23.8. The zero-order valence-electron chi connectivity index (χ0n) is 19.3. The third-order valence-electron chi connectivity index (χ3n) is 8.10. The maximum Gasteiger partial charge on any atom is 0.245 e. The average Bonchev–Trinajstić information content (AvgIpc) is 2.80. The summed E-state index contributed by atoms with van der Waals surface area (Å²) in [5.41, 5.74) is 4.91. The van der Waals surface area contributed by atoms with Crippen LogP contribution >= 0.6 is 0 Å². The molecular formula is C24H38N4O3S. The standard InChI is InChI=1S/C24H38N4O3S/c1-17(2)18-7-9-19(10-8-18)22-20-5-3-4-6-21(20)24(11-13-25-14-12-24)23(29)28(22)16-15-26-27-32(30)31/h3-6,17-19,22,25-27H,7-16H2,1-2H3,(H,30,31). The van der Waals surface area contributed by atoms with Crippen LogP contribution in [0.25, 0.3) is 0 Å². The number of carbonyl (C=O) groups is 1. The van der Waals surface area contributed by atoms with Crippen LogP contribution < -0.4 is 15.6 Å². The molecule has 7 nitrogen and oxygen atoms in total. The molecule has 2 atom stereocenters. The number of benzene rings is 1. The summed E-state index contributed by atoms with van der Waals surface area (Å²) in [5, 5.41) is 3.42. The van der Waals surface area contributed by atoms with Crippen molar-refractivity contribution >= 4 is 17.2 Å². The lowest BCUT2D eigenvalue weighted by atomic mass is 9.64. The van der Waals surface area contributed by atoms with Crippen LogP contribution in [0.4, 0.5) is 0 Å². The lowest BCUT2D eigenvalue weighted by molar-refractivity contribution is -0.145. The third kappa shape index (κ3) is 4.66. The molecule has 1 aliphatic carbocycles. The Hall–Kier alpha value is -1.32. The van der Waals surface area contributed by atoms with Crippen LogP contribution in [0.1, 0.15) is 69.5 Å². The van der Waals surface area contributed by atoms with Crippen LogP contribution in [-0.2, 0) is 21.5 Å². The highest BCUT2D eigenvalue weighted by Gasteiger charge is 2.52. The van der Waals surface area contributed by atoms with Gasteiger partial charge in [-0.1, -0.05) is 38.1 Å². The van der Waals surface area contributed by atoms with Crippen molar-refractivity contribution in [3.63, 3.8) is 0 Å². The summed E-state index contributed by atoms with van der Waals surface area (Å²) in [4.78, 5) is 18.6. The van der Waals surface area contributed by atoms with Crippen LogP contribution in [-0.4, -0.2) is 45.7 Å². The number of fused-ring (bicyclic) bond motifs is 2. The molecule has 1 saturated carbocycles. The monoisotopic (exact) mass is 462 g/mol. The highest BCUT2D eigenvalue weighted by molar-refractivity contribution is 7.77. The lowest BCUT2D eigenvalue weighted by Gasteiger charge is -2.52. The Labute approximate surface area is 194 Å². The summed E-state index contributed by atoms with van der Waals surface area (Å²) >= 11 is -2.12. The maximum atomic E-state index is 14.2. The molecule has 178 valence electrons. The van der Waals surface area contributed by atoms with E-state index in [2.05, 4.69) is 58.6 Å². The van der Waals surface area contributed by atoms with E-state index in [1.165, 1.54) is 24.0 Å². The van der Waals surface area contributed by atoms with Gasteiger partial charge in [-0.25, -0.2) is 9.63 Å². The fourth-order valence-corrected chi connectivity index (χ4v) is 6.60. The normalized spacial score (nSPS) is 28.7. The molecule has 4 N–H and O–H groups in total. The molecule has 2 heterocycles. The van der Waals surface area contributed by atoms with Gasteiger partial charge >= 0.3 is 0 Å². The van der Waals surface area contributed by atoms with Crippen LogP contribution in [0.3, 0.4) is 0 Å². The quantitative estimate of drug-likeness (QED) is 0.284. The van der Waals surface area contributed by atoms with E-state index in [-0.39, 0.29) is 11.9 Å².